The van der Waals surface area contributed by atoms with Crippen LogP contribution in [0.4, 0.5) is 19.0 Å². The molecule has 2 N–H and O–H groups in total. The van der Waals surface area contributed by atoms with Crippen molar-refractivity contribution < 1.29 is 13.2 Å². The lowest BCUT2D eigenvalue weighted by atomic mass is 10.1. The Labute approximate surface area is 108 Å². The molecule has 0 aliphatic rings. The van der Waals surface area contributed by atoms with E-state index in [1.54, 1.807) is 6.92 Å². The van der Waals surface area contributed by atoms with Gasteiger partial charge in [-0.05, 0) is 25.5 Å². The SMILES string of the molecule is CCc1c(C)nc(-c2cc(F)c(F)c(F)c2)nc1N. The quantitative estimate of drug-likeness (QED) is 0.851. The number of aryl methyl sites for hydroxylation is 1. The zero-order valence-electron chi connectivity index (χ0n) is 10.5. The predicted molar refractivity (Wildman–Crippen MR) is 65.9 cm³/mol. The molecule has 100 valence electrons. The highest BCUT2D eigenvalue weighted by atomic mass is 19.2. The second-order valence-electron chi connectivity index (χ2n) is 4.10. The average molecular weight is 267 g/mol. The monoisotopic (exact) mass is 267 g/mol. The lowest BCUT2D eigenvalue weighted by Gasteiger charge is -2.09. The van der Waals surface area contributed by atoms with Crippen molar-refractivity contribution in [1.29, 1.82) is 0 Å². The van der Waals surface area contributed by atoms with Crippen molar-refractivity contribution in [2.75, 3.05) is 5.73 Å². The molecule has 0 amide bonds. The highest BCUT2D eigenvalue weighted by molar-refractivity contribution is 5.59. The molecule has 0 bridgehead atoms. The number of halogens is 3. The summed E-state index contributed by atoms with van der Waals surface area (Å²) in [7, 11) is 0. The van der Waals surface area contributed by atoms with Crippen LogP contribution in [0.5, 0.6) is 0 Å². The lowest BCUT2D eigenvalue weighted by Crippen LogP contribution is -2.05. The number of benzene rings is 1. The lowest BCUT2D eigenvalue weighted by molar-refractivity contribution is 0.447. The van der Waals surface area contributed by atoms with Gasteiger partial charge in [-0.1, -0.05) is 6.92 Å². The molecule has 1 aromatic carbocycles. The van der Waals surface area contributed by atoms with Gasteiger partial charge >= 0.3 is 0 Å². The summed E-state index contributed by atoms with van der Waals surface area (Å²) in [4.78, 5) is 8.14. The summed E-state index contributed by atoms with van der Waals surface area (Å²) < 4.78 is 39.2. The molecule has 0 saturated heterocycles. The summed E-state index contributed by atoms with van der Waals surface area (Å²) in [5, 5.41) is 0. The van der Waals surface area contributed by atoms with E-state index in [0.717, 1.165) is 17.7 Å². The number of aromatic nitrogens is 2. The van der Waals surface area contributed by atoms with Crippen LogP contribution in [0.2, 0.25) is 0 Å². The molecular formula is C13H12F3N3. The highest BCUT2D eigenvalue weighted by Gasteiger charge is 2.15. The van der Waals surface area contributed by atoms with Crippen molar-refractivity contribution in [3.05, 3.63) is 40.8 Å². The van der Waals surface area contributed by atoms with Crippen molar-refractivity contribution in [2.45, 2.75) is 20.3 Å². The number of nitrogens with zero attached hydrogens (tertiary/aromatic N) is 2. The maximum Gasteiger partial charge on any atom is 0.194 e. The van der Waals surface area contributed by atoms with Gasteiger partial charge in [0, 0.05) is 16.8 Å². The van der Waals surface area contributed by atoms with E-state index < -0.39 is 17.5 Å². The molecular weight excluding hydrogens is 255 g/mol. The summed E-state index contributed by atoms with van der Waals surface area (Å²) in [6.07, 6.45) is 0.657. The van der Waals surface area contributed by atoms with Gasteiger partial charge in [0.05, 0.1) is 0 Å². The Morgan fingerprint density at radius 3 is 2.16 bits per heavy atom. The zero-order chi connectivity index (χ0) is 14.2. The molecule has 19 heavy (non-hydrogen) atoms. The molecule has 0 saturated carbocycles. The summed E-state index contributed by atoms with van der Waals surface area (Å²) in [5.41, 5.74) is 7.23. The van der Waals surface area contributed by atoms with E-state index in [-0.39, 0.29) is 17.2 Å². The van der Waals surface area contributed by atoms with Gasteiger partial charge in [-0.15, -0.1) is 0 Å². The first-order valence-corrected chi connectivity index (χ1v) is 5.72. The van der Waals surface area contributed by atoms with E-state index in [0.29, 0.717) is 12.1 Å². The third kappa shape index (κ3) is 2.38. The number of rotatable bonds is 2. The van der Waals surface area contributed by atoms with Crippen LogP contribution in [-0.2, 0) is 6.42 Å². The zero-order valence-corrected chi connectivity index (χ0v) is 10.5. The number of anilines is 1. The normalized spacial score (nSPS) is 10.8. The highest BCUT2D eigenvalue weighted by Crippen LogP contribution is 2.24. The van der Waals surface area contributed by atoms with E-state index in [9.17, 15) is 13.2 Å². The molecule has 0 radical (unpaired) electrons. The van der Waals surface area contributed by atoms with Crippen molar-refractivity contribution in [2.24, 2.45) is 0 Å². The maximum absolute atomic E-state index is 13.2. The van der Waals surface area contributed by atoms with Gasteiger partial charge in [0.15, 0.2) is 23.3 Å². The molecule has 2 rings (SSSR count). The molecule has 0 unspecified atom stereocenters. The van der Waals surface area contributed by atoms with Crippen LogP contribution in [0.3, 0.4) is 0 Å². The maximum atomic E-state index is 13.2. The van der Waals surface area contributed by atoms with Crippen molar-refractivity contribution in [3.8, 4) is 11.4 Å². The van der Waals surface area contributed by atoms with E-state index in [4.69, 9.17) is 5.73 Å². The standard InChI is InChI=1S/C13H12F3N3/c1-3-8-6(2)18-13(19-12(8)17)7-4-9(14)11(16)10(15)5-7/h4-5H,3H2,1-2H3,(H2,17,18,19). The van der Waals surface area contributed by atoms with Crippen LogP contribution in [0, 0.1) is 24.4 Å². The molecule has 0 fully saturated rings. The minimum Gasteiger partial charge on any atom is -0.383 e. The van der Waals surface area contributed by atoms with E-state index in [2.05, 4.69) is 9.97 Å². The van der Waals surface area contributed by atoms with E-state index >= 15 is 0 Å². The van der Waals surface area contributed by atoms with Gasteiger partial charge in [0.2, 0.25) is 0 Å². The predicted octanol–water partition coefficient (Wildman–Crippen LogP) is 3.01. The van der Waals surface area contributed by atoms with Gasteiger partial charge in [-0.3, -0.25) is 0 Å². The second kappa shape index (κ2) is 4.87. The summed E-state index contributed by atoms with van der Waals surface area (Å²) in [6.45, 7) is 3.63. The fraction of sp³-hybridized carbons (Fsp3) is 0.231. The minimum atomic E-state index is -1.52. The average Bonchev–Trinajstić information content (AvgIpc) is 2.35. The van der Waals surface area contributed by atoms with Gasteiger partial charge in [-0.25, -0.2) is 23.1 Å². The van der Waals surface area contributed by atoms with Gasteiger partial charge in [0.25, 0.3) is 0 Å². The van der Waals surface area contributed by atoms with Gasteiger partial charge in [0.1, 0.15) is 5.82 Å². The molecule has 1 heterocycles. The van der Waals surface area contributed by atoms with E-state index in [1.807, 2.05) is 6.92 Å². The molecule has 0 spiro atoms. The van der Waals surface area contributed by atoms with Crippen molar-refractivity contribution in [1.82, 2.24) is 9.97 Å². The van der Waals surface area contributed by atoms with Crippen molar-refractivity contribution in [3.63, 3.8) is 0 Å². The van der Waals surface area contributed by atoms with Crippen LogP contribution in [-0.4, -0.2) is 9.97 Å². The third-order valence-electron chi connectivity index (χ3n) is 2.84. The molecule has 2 aromatic rings. The minimum absolute atomic E-state index is 0.0499. The number of nitrogen functional groups attached to an aromatic ring is 1. The first-order chi connectivity index (χ1) is 8.93. The largest absolute Gasteiger partial charge is 0.383 e. The first-order valence-electron chi connectivity index (χ1n) is 5.72. The molecule has 0 aliphatic carbocycles. The summed E-state index contributed by atoms with van der Waals surface area (Å²) in [6, 6.07) is 1.69. The Kier molecular flexibility index (Phi) is 3.42. The Hall–Kier alpha value is -2.11. The second-order valence-corrected chi connectivity index (χ2v) is 4.10. The molecule has 3 nitrogen and oxygen atoms in total. The summed E-state index contributed by atoms with van der Waals surface area (Å²) >= 11 is 0. The van der Waals surface area contributed by atoms with Gasteiger partial charge < -0.3 is 5.73 Å². The number of nitrogens with two attached hydrogens (primary N) is 1. The van der Waals surface area contributed by atoms with Crippen LogP contribution in [0.1, 0.15) is 18.2 Å². The Bertz CT molecular complexity index is 595. The summed E-state index contributed by atoms with van der Waals surface area (Å²) in [5.74, 6) is -3.75. The number of hydrogen-bond acceptors (Lipinski definition) is 3. The third-order valence-corrected chi connectivity index (χ3v) is 2.84. The topological polar surface area (TPSA) is 51.8 Å². The van der Waals surface area contributed by atoms with Crippen LogP contribution in [0.25, 0.3) is 11.4 Å². The fourth-order valence-electron chi connectivity index (χ4n) is 1.87. The molecule has 0 atom stereocenters. The Morgan fingerprint density at radius 1 is 1.11 bits per heavy atom. The van der Waals surface area contributed by atoms with E-state index in [1.165, 1.54) is 0 Å². The number of hydrogen-bond donors (Lipinski definition) is 1. The van der Waals surface area contributed by atoms with Crippen LogP contribution < -0.4 is 5.73 Å². The molecule has 1 aromatic heterocycles. The first kappa shape index (κ1) is 13.3. The Balaban J connectivity index is 2.60. The van der Waals surface area contributed by atoms with Crippen molar-refractivity contribution >= 4 is 5.82 Å². The smallest absolute Gasteiger partial charge is 0.194 e. The van der Waals surface area contributed by atoms with Gasteiger partial charge in [-0.2, -0.15) is 0 Å². The molecule has 0 aliphatic heterocycles. The Morgan fingerprint density at radius 2 is 1.68 bits per heavy atom. The molecule has 6 heteroatoms. The fourth-order valence-corrected chi connectivity index (χ4v) is 1.87. The van der Waals surface area contributed by atoms with Crippen LogP contribution in [0.15, 0.2) is 12.1 Å². The van der Waals surface area contributed by atoms with Crippen LogP contribution >= 0.6 is 0 Å².